The molecule has 0 spiro atoms. The van der Waals surface area contributed by atoms with Crippen molar-refractivity contribution in [2.75, 3.05) is 20.2 Å². The molecule has 0 unspecified atom stereocenters. The fraction of sp³-hybridized carbons (Fsp3) is 0.364. The second-order valence-corrected chi connectivity index (χ2v) is 3.62. The molecule has 0 radical (unpaired) electrons. The van der Waals surface area contributed by atoms with Gasteiger partial charge in [0.1, 0.15) is 5.82 Å². The van der Waals surface area contributed by atoms with Crippen LogP contribution in [0.1, 0.15) is 15.9 Å². The minimum Gasteiger partial charge on any atom is -0.395 e. The Kier molecular flexibility index (Phi) is 4.28. The molecule has 0 aliphatic rings. The second-order valence-electron chi connectivity index (χ2n) is 3.62. The molecule has 0 bridgehead atoms. The molecule has 1 amide bonds. The summed E-state index contributed by atoms with van der Waals surface area (Å²) in [6, 6.07) is 2.50. The maximum atomic E-state index is 13.6. The third-order valence-corrected chi connectivity index (χ3v) is 2.32. The van der Waals surface area contributed by atoms with Crippen molar-refractivity contribution in [1.82, 2.24) is 4.90 Å². The van der Waals surface area contributed by atoms with Gasteiger partial charge in [-0.3, -0.25) is 4.79 Å². The van der Waals surface area contributed by atoms with Crippen molar-refractivity contribution < 1.29 is 27.5 Å². The van der Waals surface area contributed by atoms with Gasteiger partial charge in [0.15, 0.2) is 0 Å². The normalized spacial score (nSPS) is 11.4. The zero-order valence-electron chi connectivity index (χ0n) is 9.46. The van der Waals surface area contributed by atoms with Crippen LogP contribution in [0.15, 0.2) is 18.2 Å². The molecule has 0 heterocycles. The Balaban J connectivity index is 3.15. The molecule has 1 N–H and O–H groups in total. The fourth-order valence-corrected chi connectivity index (χ4v) is 1.37. The lowest BCUT2D eigenvalue weighted by Gasteiger charge is -2.17. The van der Waals surface area contributed by atoms with E-state index in [4.69, 9.17) is 5.11 Å². The molecule has 0 saturated carbocycles. The van der Waals surface area contributed by atoms with Crippen molar-refractivity contribution in [2.24, 2.45) is 0 Å². The van der Waals surface area contributed by atoms with Crippen molar-refractivity contribution in [1.29, 1.82) is 0 Å². The van der Waals surface area contributed by atoms with Crippen molar-refractivity contribution in [3.05, 3.63) is 35.1 Å². The first-order chi connectivity index (χ1) is 8.29. The van der Waals surface area contributed by atoms with E-state index >= 15 is 0 Å². The number of aliphatic hydroxyl groups excluding tert-OH is 1. The Labute approximate surface area is 101 Å². The molecule has 0 atom stereocenters. The quantitative estimate of drug-likeness (QED) is 0.848. The first-order valence-electron chi connectivity index (χ1n) is 5.01. The Hall–Kier alpha value is -1.63. The van der Waals surface area contributed by atoms with Gasteiger partial charge in [-0.25, -0.2) is 4.39 Å². The average Bonchev–Trinajstić information content (AvgIpc) is 2.27. The number of nitrogens with zero attached hydrogens (tertiary/aromatic N) is 1. The van der Waals surface area contributed by atoms with Crippen molar-refractivity contribution >= 4 is 5.91 Å². The summed E-state index contributed by atoms with van der Waals surface area (Å²) in [7, 11) is 1.26. The van der Waals surface area contributed by atoms with Gasteiger partial charge in [0.25, 0.3) is 5.91 Å². The number of aliphatic hydroxyl groups is 1. The van der Waals surface area contributed by atoms with Gasteiger partial charge in [-0.05, 0) is 12.1 Å². The largest absolute Gasteiger partial charge is 0.419 e. The van der Waals surface area contributed by atoms with Gasteiger partial charge in [-0.15, -0.1) is 0 Å². The number of rotatable bonds is 3. The minimum absolute atomic E-state index is 0.0888. The summed E-state index contributed by atoms with van der Waals surface area (Å²) in [5, 5.41) is 8.62. The molecule has 0 aliphatic heterocycles. The van der Waals surface area contributed by atoms with Crippen molar-refractivity contribution in [3.63, 3.8) is 0 Å². The van der Waals surface area contributed by atoms with Crippen LogP contribution in [0, 0.1) is 5.82 Å². The van der Waals surface area contributed by atoms with Gasteiger partial charge in [0, 0.05) is 13.6 Å². The molecular weight excluding hydrogens is 254 g/mol. The number of alkyl halides is 3. The highest BCUT2D eigenvalue weighted by molar-refractivity contribution is 5.94. The van der Waals surface area contributed by atoms with Gasteiger partial charge in [0.2, 0.25) is 0 Å². The second kappa shape index (κ2) is 5.34. The van der Waals surface area contributed by atoms with E-state index in [-0.39, 0.29) is 13.2 Å². The van der Waals surface area contributed by atoms with E-state index in [0.29, 0.717) is 6.07 Å². The minimum atomic E-state index is -4.85. The molecule has 100 valence electrons. The molecule has 0 aliphatic carbocycles. The third-order valence-electron chi connectivity index (χ3n) is 2.32. The standard InChI is InChI=1S/C11H11F4NO2/c1-16(5-6-17)10(18)7-3-2-4-8(9(7)12)11(13,14)15/h2-4,17H,5-6H2,1H3. The number of hydrogen-bond donors (Lipinski definition) is 1. The van der Waals surface area contributed by atoms with Crippen LogP contribution in [-0.4, -0.2) is 36.1 Å². The molecule has 0 saturated heterocycles. The van der Waals surface area contributed by atoms with Crippen LogP contribution >= 0.6 is 0 Å². The Bertz CT molecular complexity index is 445. The summed E-state index contributed by atoms with van der Waals surface area (Å²) in [5.74, 6) is -2.51. The number of likely N-dealkylation sites (N-methyl/N-ethyl adjacent to an activating group) is 1. The number of carbonyl (C=O) groups excluding carboxylic acids is 1. The highest BCUT2D eigenvalue weighted by Crippen LogP contribution is 2.32. The van der Waals surface area contributed by atoms with E-state index in [9.17, 15) is 22.4 Å². The van der Waals surface area contributed by atoms with Crippen molar-refractivity contribution in [3.8, 4) is 0 Å². The fourth-order valence-electron chi connectivity index (χ4n) is 1.37. The molecule has 18 heavy (non-hydrogen) atoms. The van der Waals surface area contributed by atoms with E-state index in [1.54, 1.807) is 0 Å². The van der Waals surface area contributed by atoms with E-state index in [1.165, 1.54) is 7.05 Å². The van der Waals surface area contributed by atoms with Gasteiger partial charge < -0.3 is 10.0 Å². The lowest BCUT2D eigenvalue weighted by atomic mass is 10.1. The van der Waals surface area contributed by atoms with Crippen LogP contribution in [0.4, 0.5) is 17.6 Å². The average molecular weight is 265 g/mol. The monoisotopic (exact) mass is 265 g/mol. The van der Waals surface area contributed by atoms with Crippen LogP contribution in [-0.2, 0) is 6.18 Å². The third kappa shape index (κ3) is 2.98. The first-order valence-corrected chi connectivity index (χ1v) is 5.01. The van der Waals surface area contributed by atoms with Gasteiger partial charge >= 0.3 is 6.18 Å². The summed E-state index contributed by atoms with van der Waals surface area (Å²) in [6.45, 7) is -0.447. The Morgan fingerprint density at radius 3 is 2.50 bits per heavy atom. The summed E-state index contributed by atoms with van der Waals surface area (Å²) in [5.41, 5.74) is -2.15. The van der Waals surface area contributed by atoms with Gasteiger partial charge in [-0.1, -0.05) is 6.07 Å². The number of halogens is 4. The lowest BCUT2D eigenvalue weighted by molar-refractivity contribution is -0.140. The van der Waals surface area contributed by atoms with Crippen LogP contribution in [0.3, 0.4) is 0 Å². The van der Waals surface area contributed by atoms with Gasteiger partial charge in [0.05, 0.1) is 17.7 Å². The number of amides is 1. The highest BCUT2D eigenvalue weighted by atomic mass is 19.4. The molecule has 0 fully saturated rings. The summed E-state index contributed by atoms with van der Waals surface area (Å²) in [6.07, 6.45) is -4.85. The number of benzene rings is 1. The predicted octanol–water partition coefficient (Wildman–Crippen LogP) is 1.91. The molecule has 3 nitrogen and oxygen atoms in total. The van der Waals surface area contributed by atoms with E-state index in [0.717, 1.165) is 17.0 Å². The molecular formula is C11H11F4NO2. The summed E-state index contributed by atoms with van der Waals surface area (Å²) >= 11 is 0. The number of carbonyl (C=O) groups is 1. The molecule has 1 rings (SSSR count). The topological polar surface area (TPSA) is 40.5 Å². The maximum absolute atomic E-state index is 13.6. The van der Waals surface area contributed by atoms with Crippen LogP contribution in [0.2, 0.25) is 0 Å². The maximum Gasteiger partial charge on any atom is 0.419 e. The lowest BCUT2D eigenvalue weighted by Crippen LogP contribution is -2.30. The van der Waals surface area contributed by atoms with Crippen LogP contribution in [0.5, 0.6) is 0 Å². The predicted molar refractivity (Wildman–Crippen MR) is 55.4 cm³/mol. The van der Waals surface area contributed by atoms with Crippen LogP contribution in [0.25, 0.3) is 0 Å². The summed E-state index contributed by atoms with van der Waals surface area (Å²) in [4.78, 5) is 12.6. The zero-order chi connectivity index (χ0) is 13.9. The van der Waals surface area contributed by atoms with Crippen molar-refractivity contribution in [2.45, 2.75) is 6.18 Å². The molecule has 0 aromatic heterocycles. The highest BCUT2D eigenvalue weighted by Gasteiger charge is 2.35. The van der Waals surface area contributed by atoms with Crippen LogP contribution < -0.4 is 0 Å². The Morgan fingerprint density at radius 1 is 1.39 bits per heavy atom. The zero-order valence-corrected chi connectivity index (χ0v) is 9.46. The van der Waals surface area contributed by atoms with E-state index < -0.39 is 29.0 Å². The SMILES string of the molecule is CN(CCO)C(=O)c1cccc(C(F)(F)F)c1F. The smallest absolute Gasteiger partial charge is 0.395 e. The first kappa shape index (κ1) is 14.4. The summed E-state index contributed by atoms with van der Waals surface area (Å²) < 4.78 is 50.9. The Morgan fingerprint density at radius 2 is 2.00 bits per heavy atom. The number of hydrogen-bond acceptors (Lipinski definition) is 2. The molecule has 1 aromatic carbocycles. The van der Waals surface area contributed by atoms with E-state index in [2.05, 4.69) is 0 Å². The van der Waals surface area contributed by atoms with Gasteiger partial charge in [-0.2, -0.15) is 13.2 Å². The molecule has 1 aromatic rings. The van der Waals surface area contributed by atoms with E-state index in [1.807, 2.05) is 0 Å². The molecule has 7 heteroatoms.